The van der Waals surface area contributed by atoms with Crippen molar-refractivity contribution in [2.75, 3.05) is 13.6 Å². The van der Waals surface area contributed by atoms with Crippen molar-refractivity contribution in [3.05, 3.63) is 35.4 Å². The lowest BCUT2D eigenvalue weighted by Crippen LogP contribution is -2.50. The molecule has 3 heteroatoms. The summed E-state index contributed by atoms with van der Waals surface area (Å²) >= 11 is 0. The summed E-state index contributed by atoms with van der Waals surface area (Å²) in [5, 5.41) is 0. The van der Waals surface area contributed by atoms with Crippen LogP contribution in [0.1, 0.15) is 50.5 Å². The molecular weight excluding hydrogens is 236 g/mol. The first-order valence-corrected chi connectivity index (χ1v) is 6.68. The fraction of sp³-hybridized carbons (Fsp3) is 0.562. The maximum absolute atomic E-state index is 12.4. The van der Waals surface area contributed by atoms with Crippen molar-refractivity contribution in [2.45, 2.75) is 45.6 Å². The van der Waals surface area contributed by atoms with Gasteiger partial charge in [0.1, 0.15) is 0 Å². The average Bonchev–Trinajstić information content (AvgIpc) is 2.36. The molecule has 1 aromatic carbocycles. The topological polar surface area (TPSA) is 46.3 Å². The first-order chi connectivity index (χ1) is 8.59. The van der Waals surface area contributed by atoms with E-state index >= 15 is 0 Å². The lowest BCUT2D eigenvalue weighted by molar-refractivity contribution is 0.0640. The molecule has 0 spiro atoms. The third kappa shape index (κ3) is 3.57. The first-order valence-electron chi connectivity index (χ1n) is 6.68. The predicted molar refractivity (Wildman–Crippen MR) is 80.4 cm³/mol. The monoisotopic (exact) mass is 262 g/mol. The summed E-state index contributed by atoms with van der Waals surface area (Å²) in [6.45, 7) is 10.9. The molecule has 2 N–H and O–H groups in total. The average molecular weight is 262 g/mol. The number of benzene rings is 1. The molecule has 0 aliphatic carbocycles. The van der Waals surface area contributed by atoms with Crippen LogP contribution in [0.4, 0.5) is 0 Å². The van der Waals surface area contributed by atoms with Gasteiger partial charge in [-0.05, 0) is 37.0 Å². The van der Waals surface area contributed by atoms with Crippen LogP contribution in [0.3, 0.4) is 0 Å². The summed E-state index contributed by atoms with van der Waals surface area (Å²) in [6.07, 6.45) is 0. The quantitative estimate of drug-likeness (QED) is 0.910. The van der Waals surface area contributed by atoms with E-state index in [1.54, 1.807) is 11.9 Å². The van der Waals surface area contributed by atoms with Gasteiger partial charge in [0.25, 0.3) is 5.91 Å². The molecule has 1 rings (SSSR count). The molecule has 0 aliphatic rings. The molecule has 0 heterocycles. The van der Waals surface area contributed by atoms with Crippen LogP contribution in [0, 0.1) is 0 Å². The molecule has 0 fully saturated rings. The van der Waals surface area contributed by atoms with Crippen molar-refractivity contribution < 1.29 is 4.79 Å². The highest BCUT2D eigenvalue weighted by Gasteiger charge is 2.27. The Bertz CT molecular complexity index is 441. The predicted octanol–water partition coefficient (Wildman–Crippen LogP) is 2.79. The van der Waals surface area contributed by atoms with Gasteiger partial charge in [-0.1, -0.05) is 32.9 Å². The second-order valence-corrected chi connectivity index (χ2v) is 6.71. The number of hydrogen-bond donors (Lipinski definition) is 1. The number of rotatable bonds is 3. The molecule has 19 heavy (non-hydrogen) atoms. The Hall–Kier alpha value is -1.35. The van der Waals surface area contributed by atoms with E-state index in [4.69, 9.17) is 5.73 Å². The zero-order chi connectivity index (χ0) is 14.8. The van der Waals surface area contributed by atoms with Crippen LogP contribution in [0.25, 0.3) is 0 Å². The number of nitrogens with zero attached hydrogens (tertiary/aromatic N) is 1. The van der Waals surface area contributed by atoms with Gasteiger partial charge in [-0.2, -0.15) is 0 Å². The Morgan fingerprint density at radius 1 is 1.11 bits per heavy atom. The van der Waals surface area contributed by atoms with E-state index in [9.17, 15) is 4.79 Å². The fourth-order valence-corrected chi connectivity index (χ4v) is 1.72. The van der Waals surface area contributed by atoms with Gasteiger partial charge in [0.05, 0.1) is 0 Å². The van der Waals surface area contributed by atoms with Gasteiger partial charge in [0.2, 0.25) is 0 Å². The number of carbonyl (C=O) groups is 1. The molecule has 0 aromatic heterocycles. The van der Waals surface area contributed by atoms with Crippen molar-refractivity contribution in [1.29, 1.82) is 0 Å². The minimum atomic E-state index is -0.334. The van der Waals surface area contributed by atoms with Crippen molar-refractivity contribution in [1.82, 2.24) is 4.90 Å². The molecule has 0 bridgehead atoms. The lowest BCUT2D eigenvalue weighted by atomic mass is 9.86. The minimum absolute atomic E-state index is 0.0101. The summed E-state index contributed by atoms with van der Waals surface area (Å²) in [7, 11) is 1.80. The van der Waals surface area contributed by atoms with E-state index in [1.165, 1.54) is 5.56 Å². The van der Waals surface area contributed by atoms with Crippen LogP contribution in [-0.4, -0.2) is 29.9 Å². The molecule has 1 aromatic rings. The smallest absolute Gasteiger partial charge is 0.254 e. The van der Waals surface area contributed by atoms with E-state index in [2.05, 4.69) is 20.8 Å². The number of carbonyl (C=O) groups excluding carboxylic acids is 1. The Morgan fingerprint density at radius 3 is 1.95 bits per heavy atom. The highest BCUT2D eigenvalue weighted by molar-refractivity contribution is 5.94. The van der Waals surface area contributed by atoms with Crippen LogP contribution in [-0.2, 0) is 5.41 Å². The molecule has 0 radical (unpaired) electrons. The van der Waals surface area contributed by atoms with Gasteiger partial charge in [-0.3, -0.25) is 4.79 Å². The van der Waals surface area contributed by atoms with E-state index < -0.39 is 0 Å². The highest BCUT2D eigenvalue weighted by Crippen LogP contribution is 2.23. The van der Waals surface area contributed by atoms with Crippen LogP contribution in [0.5, 0.6) is 0 Å². The van der Waals surface area contributed by atoms with Gasteiger partial charge in [-0.25, -0.2) is 0 Å². The zero-order valence-corrected chi connectivity index (χ0v) is 12.9. The molecule has 0 saturated carbocycles. The zero-order valence-electron chi connectivity index (χ0n) is 12.9. The van der Waals surface area contributed by atoms with Crippen molar-refractivity contribution in [2.24, 2.45) is 5.73 Å². The Kier molecular flexibility index (Phi) is 4.41. The normalized spacial score (nSPS) is 12.4. The molecule has 0 saturated heterocycles. The van der Waals surface area contributed by atoms with E-state index in [1.807, 2.05) is 38.1 Å². The maximum atomic E-state index is 12.4. The fourth-order valence-electron chi connectivity index (χ4n) is 1.72. The molecule has 0 atom stereocenters. The van der Waals surface area contributed by atoms with Crippen molar-refractivity contribution in [3.8, 4) is 0 Å². The standard InChI is InChI=1S/C16H26N2O/c1-15(2,3)13-9-7-12(8-10-13)14(19)18(6)16(4,5)11-17/h7-10H,11,17H2,1-6H3. The van der Waals surface area contributed by atoms with Crippen LogP contribution in [0.2, 0.25) is 0 Å². The van der Waals surface area contributed by atoms with Gasteiger partial charge < -0.3 is 10.6 Å². The number of hydrogen-bond acceptors (Lipinski definition) is 2. The van der Waals surface area contributed by atoms with Gasteiger partial charge in [-0.15, -0.1) is 0 Å². The number of amides is 1. The van der Waals surface area contributed by atoms with Crippen molar-refractivity contribution >= 4 is 5.91 Å². The molecule has 3 nitrogen and oxygen atoms in total. The summed E-state index contributed by atoms with van der Waals surface area (Å²) in [5.74, 6) is 0.0101. The van der Waals surface area contributed by atoms with Crippen LogP contribution in [0.15, 0.2) is 24.3 Å². The molecule has 1 amide bonds. The molecule has 0 unspecified atom stereocenters. The minimum Gasteiger partial charge on any atom is -0.335 e. The first kappa shape index (κ1) is 15.7. The van der Waals surface area contributed by atoms with E-state index in [0.29, 0.717) is 12.1 Å². The summed E-state index contributed by atoms with van der Waals surface area (Å²) < 4.78 is 0. The van der Waals surface area contributed by atoms with Crippen LogP contribution < -0.4 is 5.73 Å². The highest BCUT2D eigenvalue weighted by atomic mass is 16.2. The maximum Gasteiger partial charge on any atom is 0.254 e. The van der Waals surface area contributed by atoms with E-state index in [-0.39, 0.29) is 16.9 Å². The van der Waals surface area contributed by atoms with Gasteiger partial charge >= 0.3 is 0 Å². The Morgan fingerprint density at radius 2 is 1.58 bits per heavy atom. The third-order valence-electron chi connectivity index (χ3n) is 3.71. The molecule has 106 valence electrons. The summed E-state index contributed by atoms with van der Waals surface area (Å²) in [6, 6.07) is 7.84. The number of likely N-dealkylation sites (N-methyl/N-ethyl adjacent to an activating group) is 1. The van der Waals surface area contributed by atoms with E-state index in [0.717, 1.165) is 0 Å². The second kappa shape index (κ2) is 5.33. The Labute approximate surface area is 116 Å². The largest absolute Gasteiger partial charge is 0.335 e. The summed E-state index contributed by atoms with van der Waals surface area (Å²) in [4.78, 5) is 14.1. The molecule has 0 aliphatic heterocycles. The van der Waals surface area contributed by atoms with Gasteiger partial charge in [0, 0.05) is 24.7 Å². The number of nitrogens with two attached hydrogens (primary N) is 1. The van der Waals surface area contributed by atoms with Crippen LogP contribution >= 0.6 is 0 Å². The van der Waals surface area contributed by atoms with Crippen molar-refractivity contribution in [3.63, 3.8) is 0 Å². The van der Waals surface area contributed by atoms with Gasteiger partial charge in [0.15, 0.2) is 0 Å². The lowest BCUT2D eigenvalue weighted by Gasteiger charge is -2.34. The summed E-state index contributed by atoms with van der Waals surface area (Å²) in [5.41, 5.74) is 7.41. The molecular formula is C16H26N2O. The SMILES string of the molecule is CN(C(=O)c1ccc(C(C)(C)C)cc1)C(C)(C)CN. The third-order valence-corrected chi connectivity index (χ3v) is 3.71. The Balaban J connectivity index is 2.96. The second-order valence-electron chi connectivity index (χ2n) is 6.71.